The fourth-order valence-electron chi connectivity index (χ4n) is 2.33. The van der Waals surface area contributed by atoms with Crippen LogP contribution in [0.2, 0.25) is 0 Å². The van der Waals surface area contributed by atoms with E-state index < -0.39 is 17.5 Å². The summed E-state index contributed by atoms with van der Waals surface area (Å²) in [5, 5.41) is 18.7. The highest BCUT2D eigenvalue weighted by atomic mass is 16.4. The lowest BCUT2D eigenvalue weighted by Gasteiger charge is -2.25. The smallest absolute Gasteiger partial charge is 0.319 e. The summed E-state index contributed by atoms with van der Waals surface area (Å²) in [6.45, 7) is 3.58. The Bertz CT molecular complexity index is 723. The predicted octanol–water partition coefficient (Wildman–Crippen LogP) is 2.85. The summed E-state index contributed by atoms with van der Waals surface area (Å²) in [6, 6.07) is 9.17. The minimum Gasteiger partial charge on any atom is -0.481 e. The monoisotopic (exact) mass is 330 g/mol. The van der Waals surface area contributed by atoms with Gasteiger partial charge in [0, 0.05) is 30.8 Å². The predicted molar refractivity (Wildman–Crippen MR) is 91.7 cm³/mol. The maximum Gasteiger partial charge on any atom is 0.319 e. The van der Waals surface area contributed by atoms with E-state index in [1.165, 1.54) is 0 Å². The molecule has 0 aliphatic heterocycles. The average molecular weight is 330 g/mol. The van der Waals surface area contributed by atoms with E-state index >= 15 is 0 Å². The van der Waals surface area contributed by atoms with Crippen LogP contribution in [0.3, 0.4) is 0 Å². The Balaban J connectivity index is 2.08. The van der Waals surface area contributed by atoms with Gasteiger partial charge in [-0.05, 0) is 20.3 Å². The van der Waals surface area contributed by atoms with Crippen molar-refractivity contribution < 1.29 is 14.7 Å². The molecule has 24 heavy (non-hydrogen) atoms. The largest absolute Gasteiger partial charge is 0.481 e. The molecule has 1 heterocycles. The molecule has 2 amide bonds. The first-order chi connectivity index (χ1) is 11.3. The lowest BCUT2D eigenvalue weighted by molar-refractivity contribution is -0.137. The van der Waals surface area contributed by atoms with Crippen LogP contribution in [0.1, 0.15) is 26.7 Å². The number of amides is 2. The molecule has 0 saturated heterocycles. The van der Waals surface area contributed by atoms with Gasteiger partial charge in [0.25, 0.3) is 0 Å². The second-order valence-electron chi connectivity index (χ2n) is 6.29. The van der Waals surface area contributed by atoms with Crippen LogP contribution < -0.4 is 10.6 Å². The van der Waals surface area contributed by atoms with Gasteiger partial charge in [0.05, 0.1) is 5.69 Å². The summed E-state index contributed by atoms with van der Waals surface area (Å²) < 4.78 is 1.63. The maximum atomic E-state index is 12.3. The molecular weight excluding hydrogens is 308 g/mol. The Kier molecular flexibility index (Phi) is 5.23. The summed E-state index contributed by atoms with van der Waals surface area (Å²) >= 11 is 0. The molecule has 2 aromatic rings. The first kappa shape index (κ1) is 17.5. The van der Waals surface area contributed by atoms with Gasteiger partial charge in [-0.25, -0.2) is 4.79 Å². The molecule has 3 N–H and O–H groups in total. The lowest BCUT2D eigenvalue weighted by atomic mass is 9.99. The number of aromatic nitrogens is 2. The highest BCUT2D eigenvalue weighted by Gasteiger charge is 2.22. The number of benzene rings is 1. The molecule has 1 aromatic carbocycles. The van der Waals surface area contributed by atoms with Gasteiger partial charge in [0.15, 0.2) is 0 Å². The fraction of sp³-hybridized carbons (Fsp3) is 0.353. The van der Waals surface area contributed by atoms with Crippen LogP contribution in [0.4, 0.5) is 10.5 Å². The third kappa shape index (κ3) is 4.84. The number of anilines is 1. The van der Waals surface area contributed by atoms with Crippen molar-refractivity contribution in [1.82, 2.24) is 15.1 Å². The zero-order chi connectivity index (χ0) is 17.7. The van der Waals surface area contributed by atoms with Gasteiger partial charge < -0.3 is 15.7 Å². The zero-order valence-electron chi connectivity index (χ0n) is 14.0. The zero-order valence-corrected chi connectivity index (χ0v) is 14.0. The van der Waals surface area contributed by atoms with E-state index in [4.69, 9.17) is 5.11 Å². The van der Waals surface area contributed by atoms with Crippen LogP contribution in [0.15, 0.2) is 36.5 Å². The number of carboxylic acid groups (broad SMARTS) is 1. The first-order valence-corrected chi connectivity index (χ1v) is 7.67. The van der Waals surface area contributed by atoms with Gasteiger partial charge in [-0.3, -0.25) is 9.48 Å². The Morgan fingerprint density at radius 3 is 2.54 bits per heavy atom. The van der Waals surface area contributed by atoms with Crippen molar-refractivity contribution in [3.05, 3.63) is 36.5 Å². The Labute approximate surface area is 140 Å². The van der Waals surface area contributed by atoms with E-state index in [2.05, 4.69) is 15.7 Å². The minimum absolute atomic E-state index is 0.00453. The van der Waals surface area contributed by atoms with Gasteiger partial charge in [0.1, 0.15) is 5.69 Å². The highest BCUT2D eigenvalue weighted by Crippen LogP contribution is 2.26. The third-order valence-corrected chi connectivity index (χ3v) is 3.54. The van der Waals surface area contributed by atoms with Gasteiger partial charge in [-0.2, -0.15) is 5.10 Å². The second kappa shape index (κ2) is 7.16. The fourth-order valence-corrected chi connectivity index (χ4v) is 2.33. The summed E-state index contributed by atoms with van der Waals surface area (Å²) in [5.41, 5.74) is 1.54. The molecule has 0 spiro atoms. The number of carboxylic acids is 1. The van der Waals surface area contributed by atoms with Crippen molar-refractivity contribution in [1.29, 1.82) is 0 Å². The number of aryl methyl sites for hydroxylation is 1. The molecule has 0 radical (unpaired) electrons. The summed E-state index contributed by atoms with van der Waals surface area (Å²) in [7, 11) is 1.78. The number of nitrogens with zero attached hydrogens (tertiary/aromatic N) is 2. The molecule has 0 unspecified atom stereocenters. The van der Waals surface area contributed by atoms with Crippen LogP contribution in [0.25, 0.3) is 11.3 Å². The number of hydrogen-bond donors (Lipinski definition) is 3. The molecule has 0 saturated carbocycles. The highest BCUT2D eigenvalue weighted by molar-refractivity contribution is 5.93. The van der Waals surface area contributed by atoms with E-state index in [0.29, 0.717) is 17.8 Å². The summed E-state index contributed by atoms with van der Waals surface area (Å²) in [6.07, 6.45) is 2.07. The topological polar surface area (TPSA) is 96.2 Å². The number of nitrogens with one attached hydrogen (secondary N) is 2. The number of urea groups is 1. The van der Waals surface area contributed by atoms with E-state index in [1.807, 2.05) is 30.3 Å². The molecule has 1 aromatic heterocycles. The van der Waals surface area contributed by atoms with Crippen LogP contribution in [0.5, 0.6) is 0 Å². The first-order valence-electron chi connectivity index (χ1n) is 7.67. The maximum absolute atomic E-state index is 12.3. The van der Waals surface area contributed by atoms with Crippen molar-refractivity contribution >= 4 is 17.7 Å². The van der Waals surface area contributed by atoms with Crippen molar-refractivity contribution in [3.63, 3.8) is 0 Å². The van der Waals surface area contributed by atoms with E-state index in [0.717, 1.165) is 5.56 Å². The molecule has 7 nitrogen and oxygen atoms in total. The molecular formula is C17H22N4O3. The van der Waals surface area contributed by atoms with Gasteiger partial charge >= 0.3 is 12.0 Å². The number of aliphatic carboxylic acids is 1. The minimum atomic E-state index is -0.885. The molecule has 128 valence electrons. The molecule has 2 rings (SSSR count). The van der Waals surface area contributed by atoms with E-state index in [-0.39, 0.29) is 6.42 Å². The SMILES string of the molecule is Cn1cc(NC(=O)NC(C)(C)CCC(=O)O)c(-c2ccccc2)n1. The van der Waals surface area contributed by atoms with E-state index in [1.54, 1.807) is 31.8 Å². The average Bonchev–Trinajstić information content (AvgIpc) is 2.86. The van der Waals surface area contributed by atoms with Crippen molar-refractivity contribution in [3.8, 4) is 11.3 Å². The number of carbonyl (C=O) groups is 2. The third-order valence-electron chi connectivity index (χ3n) is 3.54. The van der Waals surface area contributed by atoms with Crippen molar-refractivity contribution in [2.75, 3.05) is 5.32 Å². The van der Waals surface area contributed by atoms with Crippen molar-refractivity contribution in [2.45, 2.75) is 32.2 Å². The quantitative estimate of drug-likeness (QED) is 0.759. The molecule has 0 aliphatic carbocycles. The Morgan fingerprint density at radius 2 is 1.92 bits per heavy atom. The summed E-state index contributed by atoms with van der Waals surface area (Å²) in [5.74, 6) is -0.885. The van der Waals surface area contributed by atoms with Crippen LogP contribution >= 0.6 is 0 Å². The second-order valence-corrected chi connectivity index (χ2v) is 6.29. The Morgan fingerprint density at radius 1 is 1.25 bits per heavy atom. The molecule has 0 bridgehead atoms. The normalized spacial score (nSPS) is 11.1. The number of rotatable bonds is 6. The molecule has 0 atom stereocenters. The number of hydrogen-bond acceptors (Lipinski definition) is 3. The van der Waals surface area contributed by atoms with Crippen molar-refractivity contribution in [2.24, 2.45) is 7.05 Å². The van der Waals surface area contributed by atoms with Crippen LogP contribution in [-0.2, 0) is 11.8 Å². The molecule has 0 fully saturated rings. The summed E-state index contributed by atoms with van der Waals surface area (Å²) in [4.78, 5) is 22.9. The molecule has 7 heteroatoms. The standard InChI is InChI=1S/C17H22N4O3/c1-17(2,10-9-14(22)23)19-16(24)18-13-11-21(3)20-15(13)12-7-5-4-6-8-12/h4-8,11H,9-10H2,1-3H3,(H,22,23)(H2,18,19,24). The number of carbonyl (C=O) groups excluding carboxylic acids is 1. The van der Waals surface area contributed by atoms with Gasteiger partial charge in [0.2, 0.25) is 0 Å². The molecule has 0 aliphatic rings. The van der Waals surface area contributed by atoms with E-state index in [9.17, 15) is 9.59 Å². The van der Waals surface area contributed by atoms with Crippen LogP contribution in [-0.4, -0.2) is 32.4 Å². The van der Waals surface area contributed by atoms with Crippen LogP contribution in [0, 0.1) is 0 Å². The lowest BCUT2D eigenvalue weighted by Crippen LogP contribution is -2.45. The van der Waals surface area contributed by atoms with Gasteiger partial charge in [-0.1, -0.05) is 30.3 Å². The van der Waals surface area contributed by atoms with Gasteiger partial charge in [-0.15, -0.1) is 0 Å². The Hall–Kier alpha value is -2.83.